The number of aromatic nitrogens is 4. The second kappa shape index (κ2) is 9.11. The number of H-pyrrole nitrogens is 1. The van der Waals surface area contributed by atoms with Gasteiger partial charge in [0.05, 0.1) is 38.3 Å². The van der Waals surface area contributed by atoms with Crippen molar-refractivity contribution in [2.75, 3.05) is 19.8 Å². The molecule has 154 valence electrons. The zero-order valence-electron chi connectivity index (χ0n) is 16.9. The SMILES string of the molecule is CC(C)C(C)C(=O)c1ccc2[nH]c(C(=O)c3cn(CCOCCO)nn3)cc2c1. The monoisotopic (exact) mass is 398 g/mol. The van der Waals surface area contributed by atoms with Crippen LogP contribution in [0.15, 0.2) is 30.5 Å². The van der Waals surface area contributed by atoms with Gasteiger partial charge in [-0.15, -0.1) is 5.10 Å². The molecule has 29 heavy (non-hydrogen) atoms. The summed E-state index contributed by atoms with van der Waals surface area (Å²) in [6.07, 6.45) is 1.56. The van der Waals surface area contributed by atoms with E-state index in [1.54, 1.807) is 18.3 Å². The molecule has 0 aliphatic heterocycles. The van der Waals surface area contributed by atoms with Gasteiger partial charge in [-0.1, -0.05) is 26.0 Å². The smallest absolute Gasteiger partial charge is 0.231 e. The van der Waals surface area contributed by atoms with Crippen LogP contribution in [-0.2, 0) is 11.3 Å². The minimum absolute atomic E-state index is 0.0365. The lowest BCUT2D eigenvalue weighted by molar-refractivity contribution is 0.0851. The molecule has 0 aliphatic carbocycles. The van der Waals surface area contributed by atoms with Gasteiger partial charge in [-0.25, -0.2) is 4.68 Å². The first-order valence-corrected chi connectivity index (χ1v) is 9.71. The van der Waals surface area contributed by atoms with Crippen molar-refractivity contribution in [1.29, 1.82) is 0 Å². The van der Waals surface area contributed by atoms with Crippen LogP contribution in [0.2, 0.25) is 0 Å². The van der Waals surface area contributed by atoms with E-state index in [0.717, 1.165) is 10.9 Å². The molecule has 8 heteroatoms. The van der Waals surface area contributed by atoms with Gasteiger partial charge in [0.2, 0.25) is 5.78 Å². The zero-order valence-corrected chi connectivity index (χ0v) is 16.9. The highest BCUT2D eigenvalue weighted by molar-refractivity contribution is 6.09. The van der Waals surface area contributed by atoms with Crippen LogP contribution < -0.4 is 0 Å². The molecule has 1 unspecified atom stereocenters. The average molecular weight is 398 g/mol. The molecule has 1 aromatic carbocycles. The van der Waals surface area contributed by atoms with Crippen molar-refractivity contribution in [3.63, 3.8) is 0 Å². The van der Waals surface area contributed by atoms with Crippen molar-refractivity contribution in [1.82, 2.24) is 20.0 Å². The fourth-order valence-electron chi connectivity index (χ4n) is 2.95. The third-order valence-electron chi connectivity index (χ3n) is 5.04. The van der Waals surface area contributed by atoms with E-state index < -0.39 is 0 Å². The average Bonchev–Trinajstić information content (AvgIpc) is 3.35. The number of rotatable bonds is 10. The fraction of sp³-hybridized carbons (Fsp3) is 0.429. The molecule has 0 spiro atoms. The Labute approximate surface area is 168 Å². The van der Waals surface area contributed by atoms with E-state index in [1.807, 2.05) is 32.9 Å². The number of aromatic amines is 1. The lowest BCUT2D eigenvalue weighted by Gasteiger charge is -2.14. The molecule has 0 amide bonds. The van der Waals surface area contributed by atoms with Crippen molar-refractivity contribution in [2.24, 2.45) is 11.8 Å². The fourth-order valence-corrected chi connectivity index (χ4v) is 2.95. The van der Waals surface area contributed by atoms with Gasteiger partial charge in [0, 0.05) is 22.4 Å². The number of benzene rings is 1. The number of carbonyl (C=O) groups is 2. The van der Waals surface area contributed by atoms with Crippen molar-refractivity contribution < 1.29 is 19.4 Å². The van der Waals surface area contributed by atoms with Gasteiger partial charge in [0.25, 0.3) is 0 Å². The summed E-state index contributed by atoms with van der Waals surface area (Å²) in [5.74, 6) is 0.0246. The number of nitrogens with one attached hydrogen (secondary N) is 1. The molecule has 3 rings (SSSR count). The molecule has 0 saturated heterocycles. The standard InChI is InChI=1S/C21H26N4O4/c1-13(2)14(3)20(27)15-4-5-17-16(10-15)11-18(22-17)21(28)19-12-25(24-23-19)6-8-29-9-7-26/h4-5,10-14,22,26H,6-9H2,1-3H3. The van der Waals surface area contributed by atoms with Gasteiger partial charge in [-0.3, -0.25) is 9.59 Å². The highest BCUT2D eigenvalue weighted by Crippen LogP contribution is 2.22. The highest BCUT2D eigenvalue weighted by Gasteiger charge is 2.20. The molecule has 0 radical (unpaired) electrons. The van der Waals surface area contributed by atoms with Crippen LogP contribution >= 0.6 is 0 Å². The maximum Gasteiger partial charge on any atom is 0.231 e. The van der Waals surface area contributed by atoms with E-state index in [-0.39, 0.29) is 42.3 Å². The number of fused-ring (bicyclic) bond motifs is 1. The lowest BCUT2D eigenvalue weighted by Crippen LogP contribution is -2.16. The zero-order chi connectivity index (χ0) is 21.0. The predicted molar refractivity (Wildman–Crippen MR) is 108 cm³/mol. The Morgan fingerprint density at radius 3 is 2.72 bits per heavy atom. The molecule has 2 heterocycles. The summed E-state index contributed by atoms with van der Waals surface area (Å²) < 4.78 is 6.71. The van der Waals surface area contributed by atoms with Gasteiger partial charge in [-0.2, -0.15) is 0 Å². The number of carbonyl (C=O) groups excluding carboxylic acids is 2. The molecule has 8 nitrogen and oxygen atoms in total. The van der Waals surface area contributed by atoms with Crippen LogP contribution in [0.25, 0.3) is 10.9 Å². The first kappa shape index (κ1) is 20.9. The largest absolute Gasteiger partial charge is 0.394 e. The number of aliphatic hydroxyl groups is 1. The normalized spacial score (nSPS) is 12.6. The Morgan fingerprint density at radius 1 is 1.21 bits per heavy atom. The Balaban J connectivity index is 1.75. The summed E-state index contributed by atoms with van der Waals surface area (Å²) >= 11 is 0. The minimum atomic E-state index is -0.271. The summed E-state index contributed by atoms with van der Waals surface area (Å²) in [4.78, 5) is 28.4. The van der Waals surface area contributed by atoms with E-state index in [4.69, 9.17) is 9.84 Å². The van der Waals surface area contributed by atoms with Gasteiger partial charge >= 0.3 is 0 Å². The summed E-state index contributed by atoms with van der Waals surface area (Å²) in [7, 11) is 0. The Bertz CT molecular complexity index is 1010. The van der Waals surface area contributed by atoms with Gasteiger partial charge in [0.1, 0.15) is 0 Å². The van der Waals surface area contributed by atoms with Crippen LogP contribution in [0.5, 0.6) is 0 Å². The number of hydrogen-bond acceptors (Lipinski definition) is 6. The maximum atomic E-state index is 12.7. The third-order valence-corrected chi connectivity index (χ3v) is 5.04. The summed E-state index contributed by atoms with van der Waals surface area (Å²) in [5, 5.41) is 17.4. The Morgan fingerprint density at radius 2 is 2.00 bits per heavy atom. The minimum Gasteiger partial charge on any atom is -0.394 e. The van der Waals surface area contributed by atoms with Crippen molar-refractivity contribution >= 4 is 22.5 Å². The molecule has 0 aliphatic rings. The first-order chi connectivity index (χ1) is 13.9. The van der Waals surface area contributed by atoms with E-state index in [2.05, 4.69) is 15.3 Å². The van der Waals surface area contributed by atoms with Crippen molar-refractivity contribution in [3.8, 4) is 0 Å². The van der Waals surface area contributed by atoms with Crippen LogP contribution in [0.3, 0.4) is 0 Å². The van der Waals surface area contributed by atoms with Crippen molar-refractivity contribution in [2.45, 2.75) is 27.3 Å². The number of aliphatic hydroxyl groups excluding tert-OH is 1. The second-order valence-electron chi connectivity index (χ2n) is 7.41. The Hall–Kier alpha value is -2.84. The molecule has 0 fully saturated rings. The van der Waals surface area contributed by atoms with Crippen LogP contribution in [0.1, 0.15) is 47.3 Å². The quantitative estimate of drug-likeness (QED) is 0.401. The molecule has 2 N–H and O–H groups in total. The third kappa shape index (κ3) is 4.78. The van der Waals surface area contributed by atoms with E-state index in [9.17, 15) is 9.59 Å². The van der Waals surface area contributed by atoms with Crippen LogP contribution in [-0.4, -0.2) is 56.5 Å². The van der Waals surface area contributed by atoms with Crippen molar-refractivity contribution in [3.05, 3.63) is 47.4 Å². The highest BCUT2D eigenvalue weighted by atomic mass is 16.5. The topological polar surface area (TPSA) is 110 Å². The molecule has 0 bridgehead atoms. The summed E-state index contributed by atoms with van der Waals surface area (Å²) in [6.45, 7) is 7.02. The Kier molecular flexibility index (Phi) is 6.56. The van der Waals surface area contributed by atoms with E-state index >= 15 is 0 Å². The summed E-state index contributed by atoms with van der Waals surface area (Å²) in [6, 6.07) is 7.16. The molecule has 3 aromatic rings. The molecule has 2 aromatic heterocycles. The number of hydrogen-bond donors (Lipinski definition) is 2. The molecular weight excluding hydrogens is 372 g/mol. The first-order valence-electron chi connectivity index (χ1n) is 9.71. The maximum absolute atomic E-state index is 12.7. The number of nitrogens with zero attached hydrogens (tertiary/aromatic N) is 3. The van der Waals surface area contributed by atoms with E-state index in [0.29, 0.717) is 24.4 Å². The molecule has 1 atom stereocenters. The predicted octanol–water partition coefficient (Wildman–Crippen LogP) is 2.47. The number of ketones is 2. The summed E-state index contributed by atoms with van der Waals surface area (Å²) in [5.41, 5.74) is 2.05. The van der Waals surface area contributed by atoms with Gasteiger partial charge < -0.3 is 14.8 Å². The number of ether oxygens (including phenoxy) is 1. The van der Waals surface area contributed by atoms with Crippen LogP contribution in [0.4, 0.5) is 0 Å². The van der Waals surface area contributed by atoms with Gasteiger partial charge in [-0.05, 0) is 30.2 Å². The lowest BCUT2D eigenvalue weighted by atomic mass is 9.89. The van der Waals surface area contributed by atoms with Gasteiger partial charge in [0.15, 0.2) is 11.5 Å². The number of Topliss-reactive ketones (excluding diaryl/α,β-unsaturated/α-hetero) is 1. The van der Waals surface area contributed by atoms with Crippen LogP contribution in [0, 0.1) is 11.8 Å². The molecule has 0 saturated carbocycles. The second-order valence-corrected chi connectivity index (χ2v) is 7.41. The van der Waals surface area contributed by atoms with E-state index in [1.165, 1.54) is 4.68 Å². The molecular formula is C21H26N4O4.